The first-order valence-corrected chi connectivity index (χ1v) is 7.42. The van der Waals surface area contributed by atoms with Crippen molar-refractivity contribution in [3.05, 3.63) is 36.4 Å². The Hall–Kier alpha value is -2.77. The second kappa shape index (κ2) is 6.99. The molecule has 1 atom stereocenters. The Morgan fingerprint density at radius 2 is 2.17 bits per heavy atom. The van der Waals surface area contributed by atoms with Crippen LogP contribution >= 0.6 is 0 Å². The van der Waals surface area contributed by atoms with Gasteiger partial charge < -0.3 is 20.1 Å². The van der Waals surface area contributed by atoms with Gasteiger partial charge in [0.1, 0.15) is 24.9 Å². The molecule has 23 heavy (non-hydrogen) atoms. The maximum Gasteiger partial charge on any atom is 0.191 e. The number of benzene rings is 1. The molecule has 0 amide bonds. The van der Waals surface area contributed by atoms with Crippen LogP contribution in [0, 0.1) is 0 Å². The molecule has 1 aliphatic heterocycles. The van der Waals surface area contributed by atoms with E-state index >= 15 is 0 Å². The highest BCUT2D eigenvalue weighted by atomic mass is 16.6. The predicted molar refractivity (Wildman–Crippen MR) is 85.6 cm³/mol. The van der Waals surface area contributed by atoms with E-state index in [1.807, 2.05) is 31.3 Å². The molecule has 0 aliphatic carbocycles. The molecular formula is C15H20N6O2. The molecule has 0 radical (unpaired) electrons. The molecule has 2 N–H and O–H groups in total. The Morgan fingerprint density at radius 3 is 2.91 bits per heavy atom. The van der Waals surface area contributed by atoms with Gasteiger partial charge in [-0.15, -0.1) is 0 Å². The fourth-order valence-corrected chi connectivity index (χ4v) is 2.24. The van der Waals surface area contributed by atoms with Gasteiger partial charge in [-0.25, -0.2) is 4.98 Å². The highest BCUT2D eigenvalue weighted by molar-refractivity contribution is 5.79. The first-order chi connectivity index (χ1) is 11.3. The van der Waals surface area contributed by atoms with E-state index in [-0.39, 0.29) is 6.10 Å². The smallest absolute Gasteiger partial charge is 0.191 e. The third-order valence-electron chi connectivity index (χ3n) is 3.51. The number of nitrogens with one attached hydrogen (secondary N) is 2. The zero-order valence-electron chi connectivity index (χ0n) is 13.2. The van der Waals surface area contributed by atoms with Crippen molar-refractivity contribution >= 4 is 5.96 Å². The lowest BCUT2D eigenvalue weighted by Crippen LogP contribution is -2.45. The normalized spacial score (nSPS) is 17.0. The molecule has 122 valence electrons. The number of hydrogen-bond donors (Lipinski definition) is 2. The van der Waals surface area contributed by atoms with E-state index in [1.54, 1.807) is 11.7 Å². The average Bonchev–Trinajstić information content (AvgIpc) is 3.00. The van der Waals surface area contributed by atoms with Gasteiger partial charge in [0.25, 0.3) is 0 Å². The molecule has 8 heteroatoms. The molecule has 1 aliphatic rings. The standard InChI is InChI=1S/C15H20N6O2/c1-16-15(18-8-14-19-10-20-21(14)2)17-7-11-9-22-12-5-3-4-6-13(12)23-11/h3-6,10-11H,7-9H2,1-2H3,(H2,16,17,18). The number of fused-ring (bicyclic) bond motifs is 1. The summed E-state index contributed by atoms with van der Waals surface area (Å²) >= 11 is 0. The highest BCUT2D eigenvalue weighted by Crippen LogP contribution is 2.30. The Bertz CT molecular complexity index is 684. The molecule has 1 unspecified atom stereocenters. The number of aromatic nitrogens is 3. The summed E-state index contributed by atoms with van der Waals surface area (Å²) in [6, 6.07) is 7.67. The minimum Gasteiger partial charge on any atom is -0.486 e. The maximum absolute atomic E-state index is 5.90. The van der Waals surface area contributed by atoms with Crippen LogP contribution < -0.4 is 20.1 Å². The number of hydrogen-bond acceptors (Lipinski definition) is 5. The van der Waals surface area contributed by atoms with Gasteiger partial charge >= 0.3 is 0 Å². The second-order valence-corrected chi connectivity index (χ2v) is 5.10. The molecule has 0 saturated carbocycles. The van der Waals surface area contributed by atoms with Gasteiger partial charge in [0, 0.05) is 14.1 Å². The molecule has 1 aromatic carbocycles. The minimum atomic E-state index is -0.0710. The van der Waals surface area contributed by atoms with Crippen LogP contribution in [0.5, 0.6) is 11.5 Å². The van der Waals surface area contributed by atoms with Crippen molar-refractivity contribution in [1.29, 1.82) is 0 Å². The van der Waals surface area contributed by atoms with Gasteiger partial charge in [0.05, 0.1) is 13.1 Å². The minimum absolute atomic E-state index is 0.0710. The van der Waals surface area contributed by atoms with E-state index in [0.717, 1.165) is 17.3 Å². The summed E-state index contributed by atoms with van der Waals surface area (Å²) in [5.41, 5.74) is 0. The topological polar surface area (TPSA) is 85.6 Å². The van der Waals surface area contributed by atoms with Crippen molar-refractivity contribution in [2.75, 3.05) is 20.2 Å². The number of aliphatic imine (C=N–C) groups is 1. The number of rotatable bonds is 4. The maximum atomic E-state index is 5.90. The first kappa shape index (κ1) is 15.1. The summed E-state index contributed by atoms with van der Waals surface area (Å²) in [4.78, 5) is 8.35. The van der Waals surface area contributed by atoms with E-state index < -0.39 is 0 Å². The molecule has 0 saturated heterocycles. The van der Waals surface area contributed by atoms with E-state index in [0.29, 0.717) is 25.7 Å². The lowest BCUT2D eigenvalue weighted by atomic mass is 10.2. The van der Waals surface area contributed by atoms with Crippen molar-refractivity contribution in [3.63, 3.8) is 0 Å². The van der Waals surface area contributed by atoms with Gasteiger partial charge in [-0.1, -0.05) is 12.1 Å². The van der Waals surface area contributed by atoms with E-state index in [9.17, 15) is 0 Å². The summed E-state index contributed by atoms with van der Waals surface area (Å²) in [7, 11) is 3.57. The van der Waals surface area contributed by atoms with Crippen LogP contribution in [0.15, 0.2) is 35.6 Å². The second-order valence-electron chi connectivity index (χ2n) is 5.10. The quantitative estimate of drug-likeness (QED) is 0.624. The van der Waals surface area contributed by atoms with Crippen LogP contribution in [0.1, 0.15) is 5.82 Å². The fraction of sp³-hybridized carbons (Fsp3) is 0.400. The van der Waals surface area contributed by atoms with Gasteiger partial charge in [0.2, 0.25) is 0 Å². The van der Waals surface area contributed by atoms with Crippen LogP contribution in [0.3, 0.4) is 0 Å². The van der Waals surface area contributed by atoms with E-state index in [2.05, 4.69) is 25.7 Å². The number of nitrogens with zero attached hydrogens (tertiary/aromatic N) is 4. The van der Waals surface area contributed by atoms with Crippen LogP contribution in [0.4, 0.5) is 0 Å². The van der Waals surface area contributed by atoms with Crippen molar-refractivity contribution in [3.8, 4) is 11.5 Å². The molecular weight excluding hydrogens is 296 g/mol. The third kappa shape index (κ3) is 3.71. The third-order valence-corrected chi connectivity index (χ3v) is 3.51. The molecule has 1 aromatic heterocycles. The van der Waals surface area contributed by atoms with Crippen molar-refractivity contribution < 1.29 is 9.47 Å². The SMILES string of the molecule is CN=C(NCc1ncnn1C)NCC1COc2ccccc2O1. The van der Waals surface area contributed by atoms with Crippen LogP contribution in [-0.4, -0.2) is 47.0 Å². The molecule has 0 fully saturated rings. The van der Waals surface area contributed by atoms with E-state index in [4.69, 9.17) is 9.47 Å². The summed E-state index contributed by atoms with van der Waals surface area (Å²) in [6.45, 7) is 1.64. The molecule has 3 rings (SSSR count). The van der Waals surface area contributed by atoms with Crippen LogP contribution in [0.25, 0.3) is 0 Å². The van der Waals surface area contributed by atoms with Crippen LogP contribution in [-0.2, 0) is 13.6 Å². The van der Waals surface area contributed by atoms with Crippen molar-refractivity contribution in [2.24, 2.45) is 12.0 Å². The van der Waals surface area contributed by atoms with Crippen molar-refractivity contribution in [1.82, 2.24) is 25.4 Å². The van der Waals surface area contributed by atoms with Gasteiger partial charge in [-0.05, 0) is 12.1 Å². The predicted octanol–water partition coefficient (Wildman–Crippen LogP) is 0.320. The summed E-state index contributed by atoms with van der Waals surface area (Å²) in [5.74, 6) is 3.07. The molecule has 2 heterocycles. The lowest BCUT2D eigenvalue weighted by Gasteiger charge is -2.27. The summed E-state index contributed by atoms with van der Waals surface area (Å²) in [5, 5.41) is 10.4. The van der Waals surface area contributed by atoms with Gasteiger partial charge in [-0.3, -0.25) is 9.67 Å². The number of aryl methyl sites for hydroxylation is 1. The lowest BCUT2D eigenvalue weighted by molar-refractivity contribution is 0.0936. The number of ether oxygens (including phenoxy) is 2. The fourth-order valence-electron chi connectivity index (χ4n) is 2.24. The average molecular weight is 316 g/mol. The largest absolute Gasteiger partial charge is 0.486 e. The van der Waals surface area contributed by atoms with Gasteiger partial charge in [0.15, 0.2) is 17.5 Å². The van der Waals surface area contributed by atoms with E-state index in [1.165, 1.54) is 6.33 Å². The summed E-state index contributed by atoms with van der Waals surface area (Å²) < 4.78 is 13.3. The van der Waals surface area contributed by atoms with Crippen molar-refractivity contribution in [2.45, 2.75) is 12.6 Å². The molecule has 0 spiro atoms. The number of para-hydroxylation sites is 2. The zero-order valence-corrected chi connectivity index (χ0v) is 13.2. The monoisotopic (exact) mass is 316 g/mol. The Balaban J connectivity index is 1.48. The van der Waals surface area contributed by atoms with Crippen LogP contribution in [0.2, 0.25) is 0 Å². The Labute approximate surface area is 134 Å². The molecule has 0 bridgehead atoms. The summed E-state index contributed by atoms with van der Waals surface area (Å²) in [6.07, 6.45) is 1.45. The Kier molecular flexibility index (Phi) is 4.60. The molecule has 8 nitrogen and oxygen atoms in total. The Morgan fingerprint density at radius 1 is 1.35 bits per heavy atom. The highest BCUT2D eigenvalue weighted by Gasteiger charge is 2.20. The molecule has 2 aromatic rings. The van der Waals surface area contributed by atoms with Gasteiger partial charge in [-0.2, -0.15) is 5.10 Å². The number of guanidine groups is 1. The zero-order chi connectivity index (χ0) is 16.1. The first-order valence-electron chi connectivity index (χ1n) is 7.42.